The largest absolute Gasteiger partial charge is 0.497 e. The van der Waals surface area contributed by atoms with Crippen LogP contribution in [0.2, 0.25) is 0 Å². The minimum Gasteiger partial charge on any atom is -0.497 e. The highest BCUT2D eigenvalue weighted by Gasteiger charge is 2.28. The number of hydrogen-bond acceptors (Lipinski definition) is 5. The van der Waals surface area contributed by atoms with Crippen molar-refractivity contribution in [3.8, 4) is 5.75 Å². The monoisotopic (exact) mass is 380 g/mol. The van der Waals surface area contributed by atoms with Crippen molar-refractivity contribution < 1.29 is 18.8 Å². The van der Waals surface area contributed by atoms with Gasteiger partial charge in [0.25, 0.3) is 5.91 Å². The lowest BCUT2D eigenvalue weighted by molar-refractivity contribution is -0.0230. The fourth-order valence-electron chi connectivity index (χ4n) is 3.54. The lowest BCUT2D eigenvalue weighted by Crippen LogP contribution is -2.42. The molecule has 0 radical (unpaired) electrons. The Hall–Kier alpha value is -2.86. The van der Waals surface area contributed by atoms with Crippen molar-refractivity contribution >= 4 is 16.7 Å². The molecule has 146 valence electrons. The zero-order chi connectivity index (χ0) is 19.5. The molecule has 6 heteroatoms. The van der Waals surface area contributed by atoms with Crippen LogP contribution in [0, 0.1) is 0 Å². The summed E-state index contributed by atoms with van der Waals surface area (Å²) in [6, 6.07) is 14.0. The smallest absolute Gasteiger partial charge is 0.276 e. The maximum atomic E-state index is 12.8. The maximum Gasteiger partial charge on any atom is 0.276 e. The van der Waals surface area contributed by atoms with Crippen molar-refractivity contribution in [1.82, 2.24) is 10.1 Å². The number of morpholine rings is 1. The summed E-state index contributed by atoms with van der Waals surface area (Å²) < 4.78 is 16.5. The van der Waals surface area contributed by atoms with Gasteiger partial charge in [-0.25, -0.2) is 0 Å². The van der Waals surface area contributed by atoms with Gasteiger partial charge >= 0.3 is 0 Å². The van der Waals surface area contributed by atoms with E-state index in [1.165, 1.54) is 0 Å². The molecule has 28 heavy (non-hydrogen) atoms. The van der Waals surface area contributed by atoms with E-state index < -0.39 is 0 Å². The lowest BCUT2D eigenvalue weighted by atomic mass is 10.0. The number of carbonyl (C=O) groups is 1. The van der Waals surface area contributed by atoms with Crippen LogP contribution in [0.4, 0.5) is 0 Å². The molecule has 0 aliphatic carbocycles. The van der Waals surface area contributed by atoms with E-state index in [1.807, 2.05) is 18.2 Å². The summed E-state index contributed by atoms with van der Waals surface area (Å²) in [6.07, 6.45) is 1.58. The molecule has 1 aliphatic rings. The summed E-state index contributed by atoms with van der Waals surface area (Å²) in [4.78, 5) is 14.6. The van der Waals surface area contributed by atoms with Gasteiger partial charge < -0.3 is 18.9 Å². The first-order chi connectivity index (χ1) is 13.7. The van der Waals surface area contributed by atoms with Gasteiger partial charge in [0, 0.05) is 19.0 Å². The van der Waals surface area contributed by atoms with Crippen molar-refractivity contribution in [2.75, 3.05) is 26.8 Å². The molecule has 1 atom stereocenters. The molecule has 2 aromatic carbocycles. The van der Waals surface area contributed by atoms with E-state index in [-0.39, 0.29) is 12.0 Å². The highest BCUT2D eigenvalue weighted by Crippen LogP contribution is 2.28. The lowest BCUT2D eigenvalue weighted by Gasteiger charge is -2.32. The van der Waals surface area contributed by atoms with E-state index in [0.717, 1.165) is 40.7 Å². The maximum absolute atomic E-state index is 12.8. The fourth-order valence-corrected chi connectivity index (χ4v) is 3.54. The summed E-state index contributed by atoms with van der Waals surface area (Å²) in [6.45, 7) is 3.61. The molecular formula is C22H24N2O4. The Kier molecular flexibility index (Phi) is 5.30. The average Bonchev–Trinajstić information content (AvgIpc) is 3.21. The van der Waals surface area contributed by atoms with Crippen molar-refractivity contribution in [1.29, 1.82) is 0 Å². The standard InChI is InChI=1S/C22H24N2O4/c1-3-4-19-13-20(23-28-19)22(25)24-9-10-27-21(14-24)17-6-5-16-12-18(26-2)8-7-15(16)11-17/h5-8,11-13,21H,3-4,9-10,14H2,1-2H3. The first-order valence-electron chi connectivity index (χ1n) is 9.62. The Morgan fingerprint density at radius 3 is 2.86 bits per heavy atom. The number of aryl methyl sites for hydroxylation is 1. The molecule has 1 saturated heterocycles. The van der Waals surface area contributed by atoms with Crippen LogP contribution in [0.1, 0.15) is 41.3 Å². The molecule has 0 N–H and O–H groups in total. The van der Waals surface area contributed by atoms with Gasteiger partial charge in [-0.2, -0.15) is 0 Å². The highest BCUT2D eigenvalue weighted by molar-refractivity contribution is 5.92. The molecule has 0 bridgehead atoms. The number of rotatable bonds is 5. The van der Waals surface area contributed by atoms with Gasteiger partial charge in [-0.05, 0) is 41.0 Å². The van der Waals surface area contributed by atoms with Gasteiger partial charge in [-0.3, -0.25) is 4.79 Å². The summed E-state index contributed by atoms with van der Waals surface area (Å²) in [5.41, 5.74) is 1.43. The predicted molar refractivity (Wildman–Crippen MR) is 106 cm³/mol. The SMILES string of the molecule is CCCc1cc(C(=O)N2CCOC(c3ccc4cc(OC)ccc4c3)C2)no1. The molecule has 0 spiro atoms. The van der Waals surface area contributed by atoms with Crippen LogP contribution in [0.5, 0.6) is 5.75 Å². The Labute approximate surface area is 164 Å². The van der Waals surface area contributed by atoms with Crippen molar-refractivity contribution in [3.05, 3.63) is 59.5 Å². The number of methoxy groups -OCH3 is 1. The number of benzene rings is 2. The molecule has 1 fully saturated rings. The van der Waals surface area contributed by atoms with Crippen LogP contribution >= 0.6 is 0 Å². The molecule has 1 unspecified atom stereocenters. The first-order valence-corrected chi connectivity index (χ1v) is 9.62. The fraction of sp³-hybridized carbons (Fsp3) is 0.364. The topological polar surface area (TPSA) is 64.8 Å². The summed E-state index contributed by atoms with van der Waals surface area (Å²) in [5.74, 6) is 1.48. The second-order valence-electron chi connectivity index (χ2n) is 7.01. The Bertz CT molecular complexity index is 982. The Morgan fingerprint density at radius 2 is 2.04 bits per heavy atom. The van der Waals surface area contributed by atoms with Crippen LogP contribution in [-0.2, 0) is 11.2 Å². The number of hydrogen-bond donors (Lipinski definition) is 0. The van der Waals surface area contributed by atoms with Gasteiger partial charge in [0.2, 0.25) is 0 Å². The second kappa shape index (κ2) is 8.02. The third-order valence-electron chi connectivity index (χ3n) is 5.07. The number of ether oxygens (including phenoxy) is 2. The normalized spacial score (nSPS) is 17.1. The predicted octanol–water partition coefficient (Wildman–Crippen LogP) is 4.00. The van der Waals surface area contributed by atoms with Crippen molar-refractivity contribution in [2.45, 2.75) is 25.9 Å². The zero-order valence-corrected chi connectivity index (χ0v) is 16.2. The molecular weight excluding hydrogens is 356 g/mol. The molecule has 1 amide bonds. The minimum absolute atomic E-state index is 0.107. The van der Waals surface area contributed by atoms with E-state index in [4.69, 9.17) is 14.0 Å². The van der Waals surface area contributed by atoms with Crippen LogP contribution in [-0.4, -0.2) is 42.8 Å². The first kappa shape index (κ1) is 18.5. The third kappa shape index (κ3) is 3.73. The zero-order valence-electron chi connectivity index (χ0n) is 16.2. The molecule has 1 aliphatic heterocycles. The highest BCUT2D eigenvalue weighted by atomic mass is 16.5. The summed E-state index contributed by atoms with van der Waals surface area (Å²) in [7, 11) is 1.66. The van der Waals surface area contributed by atoms with Crippen LogP contribution < -0.4 is 4.74 Å². The number of fused-ring (bicyclic) bond motifs is 1. The molecule has 1 aromatic heterocycles. The van der Waals surface area contributed by atoms with E-state index in [1.54, 1.807) is 18.1 Å². The van der Waals surface area contributed by atoms with Gasteiger partial charge in [0.05, 0.1) is 20.3 Å². The van der Waals surface area contributed by atoms with Gasteiger partial charge in [-0.1, -0.05) is 30.3 Å². The van der Waals surface area contributed by atoms with Gasteiger partial charge in [-0.15, -0.1) is 0 Å². The van der Waals surface area contributed by atoms with E-state index in [2.05, 4.69) is 30.3 Å². The van der Waals surface area contributed by atoms with Gasteiger partial charge in [0.15, 0.2) is 5.69 Å². The quantitative estimate of drug-likeness (QED) is 0.669. The van der Waals surface area contributed by atoms with Gasteiger partial charge in [0.1, 0.15) is 17.6 Å². The van der Waals surface area contributed by atoms with E-state index in [0.29, 0.717) is 25.4 Å². The number of aromatic nitrogens is 1. The summed E-state index contributed by atoms with van der Waals surface area (Å²) in [5, 5.41) is 6.17. The number of nitrogens with zero attached hydrogens (tertiary/aromatic N) is 2. The van der Waals surface area contributed by atoms with E-state index >= 15 is 0 Å². The second-order valence-corrected chi connectivity index (χ2v) is 7.01. The van der Waals surface area contributed by atoms with Crippen molar-refractivity contribution in [3.63, 3.8) is 0 Å². The number of carbonyl (C=O) groups excluding carboxylic acids is 1. The van der Waals surface area contributed by atoms with Crippen molar-refractivity contribution in [2.24, 2.45) is 0 Å². The summed E-state index contributed by atoms with van der Waals surface area (Å²) >= 11 is 0. The molecule has 6 nitrogen and oxygen atoms in total. The van der Waals surface area contributed by atoms with Crippen LogP contribution in [0.25, 0.3) is 10.8 Å². The third-order valence-corrected chi connectivity index (χ3v) is 5.07. The average molecular weight is 380 g/mol. The molecule has 2 heterocycles. The number of amides is 1. The molecule has 4 rings (SSSR count). The van der Waals surface area contributed by atoms with Crippen LogP contribution in [0.3, 0.4) is 0 Å². The Morgan fingerprint density at radius 1 is 1.21 bits per heavy atom. The molecule has 3 aromatic rings. The molecule has 0 saturated carbocycles. The minimum atomic E-state index is -0.161. The van der Waals surface area contributed by atoms with Crippen LogP contribution in [0.15, 0.2) is 47.0 Å². The van der Waals surface area contributed by atoms with E-state index in [9.17, 15) is 4.79 Å². The Balaban J connectivity index is 1.51.